The van der Waals surface area contributed by atoms with Gasteiger partial charge in [-0.1, -0.05) is 31.4 Å². The zero-order valence-electron chi connectivity index (χ0n) is 13.8. The summed E-state index contributed by atoms with van der Waals surface area (Å²) in [6.45, 7) is 2.03. The van der Waals surface area contributed by atoms with Gasteiger partial charge < -0.3 is 15.2 Å². The van der Waals surface area contributed by atoms with Crippen molar-refractivity contribution in [3.05, 3.63) is 29.8 Å². The Bertz CT molecular complexity index is 547. The molecule has 1 aromatic carbocycles. The summed E-state index contributed by atoms with van der Waals surface area (Å²) in [5, 5.41) is 12.4. The number of carboxylic acids is 1. The molecule has 1 atom stereocenters. The molecule has 0 spiro atoms. The minimum absolute atomic E-state index is 0.138. The van der Waals surface area contributed by atoms with Crippen LogP contribution in [0.4, 0.5) is 0 Å². The number of carbonyl (C=O) groups excluding carboxylic acids is 1. The molecule has 0 saturated heterocycles. The molecule has 23 heavy (non-hydrogen) atoms. The summed E-state index contributed by atoms with van der Waals surface area (Å²) >= 11 is 0. The van der Waals surface area contributed by atoms with Gasteiger partial charge in [-0.25, -0.2) is 0 Å². The molecule has 1 aliphatic rings. The lowest BCUT2D eigenvalue weighted by atomic mass is 9.74. The van der Waals surface area contributed by atoms with Crippen LogP contribution >= 0.6 is 0 Å². The Morgan fingerprint density at radius 2 is 1.83 bits per heavy atom. The van der Waals surface area contributed by atoms with Crippen LogP contribution in [-0.4, -0.2) is 30.6 Å². The zero-order chi connectivity index (χ0) is 16.9. The summed E-state index contributed by atoms with van der Waals surface area (Å²) in [5.41, 5.74) is 0.0874. The number of amides is 1. The first kappa shape index (κ1) is 17.3. The molecule has 2 rings (SSSR count). The molecule has 5 nitrogen and oxygen atoms in total. The average Bonchev–Trinajstić information content (AvgIpc) is 2.59. The van der Waals surface area contributed by atoms with Crippen molar-refractivity contribution in [2.45, 2.75) is 44.9 Å². The van der Waals surface area contributed by atoms with Crippen LogP contribution in [-0.2, 0) is 9.59 Å². The van der Waals surface area contributed by atoms with E-state index < -0.39 is 11.4 Å². The van der Waals surface area contributed by atoms with Crippen LogP contribution in [0.3, 0.4) is 0 Å². The van der Waals surface area contributed by atoms with Gasteiger partial charge in [-0.15, -0.1) is 0 Å². The second-order valence-electron chi connectivity index (χ2n) is 6.36. The number of hydrogen-bond donors (Lipinski definition) is 2. The molecule has 5 heteroatoms. The van der Waals surface area contributed by atoms with Crippen molar-refractivity contribution in [2.24, 2.45) is 5.41 Å². The summed E-state index contributed by atoms with van der Waals surface area (Å²) in [6, 6.07) is 7.35. The summed E-state index contributed by atoms with van der Waals surface area (Å²) in [7, 11) is 1.60. The van der Waals surface area contributed by atoms with Gasteiger partial charge in [0, 0.05) is 6.54 Å². The smallest absolute Gasteiger partial charge is 0.311 e. The third kappa shape index (κ3) is 4.03. The van der Waals surface area contributed by atoms with Crippen molar-refractivity contribution in [1.82, 2.24) is 5.32 Å². The number of rotatable bonds is 6. The minimum Gasteiger partial charge on any atom is -0.497 e. The fourth-order valence-electron chi connectivity index (χ4n) is 3.15. The summed E-state index contributed by atoms with van der Waals surface area (Å²) < 4.78 is 5.11. The van der Waals surface area contributed by atoms with Gasteiger partial charge >= 0.3 is 5.97 Å². The molecule has 0 bridgehead atoms. The maximum atomic E-state index is 12.4. The van der Waals surface area contributed by atoms with E-state index in [0.29, 0.717) is 12.8 Å². The van der Waals surface area contributed by atoms with Crippen molar-refractivity contribution in [2.75, 3.05) is 13.7 Å². The van der Waals surface area contributed by atoms with Crippen LogP contribution in [0.5, 0.6) is 5.75 Å². The third-order valence-electron chi connectivity index (χ3n) is 4.87. The first-order valence-electron chi connectivity index (χ1n) is 8.13. The maximum Gasteiger partial charge on any atom is 0.311 e. The molecule has 0 aliphatic heterocycles. The Labute approximate surface area is 137 Å². The van der Waals surface area contributed by atoms with E-state index in [9.17, 15) is 14.7 Å². The highest BCUT2D eigenvalue weighted by Gasteiger charge is 2.40. The predicted octanol–water partition coefficient (Wildman–Crippen LogP) is 2.95. The molecule has 0 heterocycles. The first-order valence-corrected chi connectivity index (χ1v) is 8.13. The highest BCUT2D eigenvalue weighted by Crippen LogP contribution is 2.36. The molecular weight excluding hydrogens is 294 g/mol. The molecular formula is C18H25NO4. The molecule has 1 aliphatic carbocycles. The predicted molar refractivity (Wildman–Crippen MR) is 87.6 cm³/mol. The lowest BCUT2D eigenvalue weighted by Gasteiger charge is -2.33. The Morgan fingerprint density at radius 1 is 1.22 bits per heavy atom. The molecule has 0 radical (unpaired) electrons. The number of carboxylic acid groups (broad SMARTS) is 1. The van der Waals surface area contributed by atoms with E-state index in [1.165, 1.54) is 0 Å². The number of benzene rings is 1. The normalized spacial score (nSPS) is 18.0. The third-order valence-corrected chi connectivity index (χ3v) is 4.87. The fraction of sp³-hybridized carbons (Fsp3) is 0.556. The van der Waals surface area contributed by atoms with Gasteiger partial charge in [0.25, 0.3) is 0 Å². The largest absolute Gasteiger partial charge is 0.497 e. The van der Waals surface area contributed by atoms with Gasteiger partial charge in [0.1, 0.15) is 5.75 Å². The van der Waals surface area contributed by atoms with Crippen molar-refractivity contribution in [3.8, 4) is 5.75 Å². The van der Waals surface area contributed by atoms with Gasteiger partial charge in [0.05, 0.1) is 18.4 Å². The molecule has 2 N–H and O–H groups in total. The highest BCUT2D eigenvalue weighted by atomic mass is 16.5. The van der Waals surface area contributed by atoms with Crippen LogP contribution in [0.15, 0.2) is 24.3 Å². The van der Waals surface area contributed by atoms with Crippen LogP contribution in [0.1, 0.15) is 50.5 Å². The number of methoxy groups -OCH3 is 1. The van der Waals surface area contributed by atoms with E-state index in [1.54, 1.807) is 7.11 Å². The Hall–Kier alpha value is -2.04. The van der Waals surface area contributed by atoms with E-state index in [2.05, 4.69) is 5.32 Å². The van der Waals surface area contributed by atoms with E-state index >= 15 is 0 Å². The number of ether oxygens (including phenoxy) is 1. The molecule has 1 unspecified atom stereocenters. The topological polar surface area (TPSA) is 75.6 Å². The standard InChI is InChI=1S/C18H25NO4/c1-13(14-6-8-15(23-2)9-7-14)16(20)19-12-18(17(21)22)10-4-3-5-11-18/h6-9,13H,3-5,10-12H2,1-2H3,(H,19,20)(H,21,22). The molecule has 126 valence electrons. The van der Waals surface area contributed by atoms with Gasteiger partial charge in [0.15, 0.2) is 0 Å². The lowest BCUT2D eigenvalue weighted by Crippen LogP contribution is -2.45. The molecule has 0 aromatic heterocycles. The second kappa shape index (κ2) is 7.49. The Balaban J connectivity index is 1.98. The maximum absolute atomic E-state index is 12.4. The molecule has 1 aromatic rings. The number of hydrogen-bond acceptors (Lipinski definition) is 3. The Morgan fingerprint density at radius 3 is 2.35 bits per heavy atom. The summed E-state index contributed by atoms with van der Waals surface area (Å²) in [6.07, 6.45) is 4.18. The van der Waals surface area contributed by atoms with Gasteiger partial charge in [-0.2, -0.15) is 0 Å². The summed E-state index contributed by atoms with van der Waals surface area (Å²) in [4.78, 5) is 24.0. The SMILES string of the molecule is COc1ccc(C(C)C(=O)NCC2(C(=O)O)CCCCC2)cc1. The molecule has 1 amide bonds. The van der Waals surface area contributed by atoms with E-state index in [0.717, 1.165) is 30.6 Å². The van der Waals surface area contributed by atoms with Crippen LogP contribution in [0, 0.1) is 5.41 Å². The number of nitrogens with one attached hydrogen (secondary N) is 1. The van der Waals surface area contributed by atoms with Crippen LogP contribution in [0.25, 0.3) is 0 Å². The zero-order valence-corrected chi connectivity index (χ0v) is 13.8. The highest BCUT2D eigenvalue weighted by molar-refractivity contribution is 5.84. The van der Waals surface area contributed by atoms with Crippen molar-refractivity contribution in [3.63, 3.8) is 0 Å². The number of carbonyl (C=O) groups is 2. The van der Waals surface area contributed by atoms with Gasteiger partial charge in [-0.3, -0.25) is 9.59 Å². The van der Waals surface area contributed by atoms with Crippen LogP contribution in [0.2, 0.25) is 0 Å². The van der Waals surface area contributed by atoms with Gasteiger partial charge in [-0.05, 0) is 37.5 Å². The summed E-state index contributed by atoms with van der Waals surface area (Å²) in [5.74, 6) is -0.514. The van der Waals surface area contributed by atoms with Crippen LogP contribution < -0.4 is 10.1 Å². The van der Waals surface area contributed by atoms with Crippen molar-refractivity contribution in [1.29, 1.82) is 0 Å². The molecule has 1 fully saturated rings. The van der Waals surface area contributed by atoms with Crippen molar-refractivity contribution < 1.29 is 19.4 Å². The monoisotopic (exact) mass is 319 g/mol. The minimum atomic E-state index is -0.798. The quantitative estimate of drug-likeness (QED) is 0.845. The number of aliphatic carboxylic acids is 1. The van der Waals surface area contributed by atoms with Crippen molar-refractivity contribution >= 4 is 11.9 Å². The average molecular weight is 319 g/mol. The first-order chi connectivity index (χ1) is 11.0. The van der Waals surface area contributed by atoms with Gasteiger partial charge in [0.2, 0.25) is 5.91 Å². The van der Waals surface area contributed by atoms with E-state index in [1.807, 2.05) is 31.2 Å². The molecule has 1 saturated carbocycles. The van der Waals surface area contributed by atoms with E-state index in [-0.39, 0.29) is 18.4 Å². The second-order valence-corrected chi connectivity index (χ2v) is 6.36. The van der Waals surface area contributed by atoms with E-state index in [4.69, 9.17) is 4.74 Å². The fourth-order valence-corrected chi connectivity index (χ4v) is 3.15. The lowest BCUT2D eigenvalue weighted by molar-refractivity contribution is -0.151. The Kier molecular flexibility index (Phi) is 5.64.